The van der Waals surface area contributed by atoms with E-state index in [4.69, 9.17) is 9.47 Å². The fraction of sp³-hybridized carbons (Fsp3) is 0.838. The number of carboxylic acid groups (broad SMARTS) is 1. The molecule has 0 aromatic heterocycles. The smallest absolute Gasteiger partial charge is 0.309 e. The Hall–Kier alpha value is -1.70. The van der Waals surface area contributed by atoms with Gasteiger partial charge < -0.3 is 24.8 Å². The first-order valence-corrected chi connectivity index (χ1v) is 17.4. The molecule has 5 rings (SSSR count). The van der Waals surface area contributed by atoms with Crippen LogP contribution in [0.2, 0.25) is 0 Å². The van der Waals surface area contributed by atoms with Crippen LogP contribution in [-0.4, -0.2) is 57.8 Å². The van der Waals surface area contributed by atoms with Crippen LogP contribution in [0.15, 0.2) is 22.8 Å². The number of fused-ring (bicyclic) bond motifs is 5. The number of epoxide rings is 1. The monoisotopic (exact) mass is 614 g/mol. The maximum Gasteiger partial charge on any atom is 0.309 e. The number of unbranched alkanes of at least 4 members (excludes halogenated alkanes) is 2. The number of aliphatic hydroxyl groups is 2. The lowest BCUT2D eigenvalue weighted by Crippen LogP contribution is -2.66. The number of carbonyl (C=O) groups is 2. The van der Waals surface area contributed by atoms with Crippen molar-refractivity contribution in [1.29, 1.82) is 0 Å². The van der Waals surface area contributed by atoms with Crippen LogP contribution in [0.1, 0.15) is 126 Å². The molecule has 44 heavy (non-hydrogen) atoms. The van der Waals surface area contributed by atoms with Crippen LogP contribution in [0.25, 0.3) is 0 Å². The van der Waals surface area contributed by atoms with E-state index in [1.165, 1.54) is 23.6 Å². The lowest BCUT2D eigenvalue weighted by atomic mass is 9.36. The largest absolute Gasteiger partial charge is 0.481 e. The second-order valence-corrected chi connectivity index (χ2v) is 16.1. The number of aliphatic hydroxyl groups excluding tert-OH is 2. The SMILES string of the molecule is CCCCC[C@@]1(OC(C)=O)C[C@@]2(C)[C@H](C[C@@H](O)[C@@H]3[C@@]4(C)CC[C@@H](O)[C@@H](C(=O)O)C4CC[C@@]32C)C1=C(CCC=C(C)C)C1CO1. The molecule has 11 atom stereocenters. The van der Waals surface area contributed by atoms with Gasteiger partial charge in [-0.15, -0.1) is 0 Å². The summed E-state index contributed by atoms with van der Waals surface area (Å²) in [6.45, 7) is 15.6. The standard InChI is InChI=1S/C37H58O7/c1-8-9-10-16-37(44-23(4)38)21-36(7)26(31(37)24(29-20-43-29)13-11-12-22(2)3)19-28(40)32-34(5)17-15-27(39)30(33(41)42)25(34)14-18-35(32,36)6/h12,25-30,32,39-40H,8-11,13-21H2,1-7H3,(H,41,42)/t25?,26-,27-,28-,29?,30+,32-,34+,35+,36+,37-/m1/s1. The summed E-state index contributed by atoms with van der Waals surface area (Å²) >= 11 is 0. The van der Waals surface area contributed by atoms with Gasteiger partial charge >= 0.3 is 11.9 Å². The summed E-state index contributed by atoms with van der Waals surface area (Å²) in [5.74, 6) is -2.25. The molecule has 5 fully saturated rings. The van der Waals surface area contributed by atoms with E-state index in [1.54, 1.807) is 0 Å². The van der Waals surface area contributed by atoms with Crippen LogP contribution in [-0.2, 0) is 19.1 Å². The Morgan fingerprint density at radius 3 is 2.32 bits per heavy atom. The first kappa shape index (κ1) is 33.7. The van der Waals surface area contributed by atoms with E-state index >= 15 is 0 Å². The lowest BCUT2D eigenvalue weighted by Gasteiger charge is -2.68. The molecule has 1 aliphatic heterocycles. The summed E-state index contributed by atoms with van der Waals surface area (Å²) in [6, 6.07) is 0. The second-order valence-electron chi connectivity index (χ2n) is 16.1. The number of esters is 1. The van der Waals surface area contributed by atoms with Crippen molar-refractivity contribution in [3.8, 4) is 0 Å². The lowest BCUT2D eigenvalue weighted by molar-refractivity contribution is -0.238. The van der Waals surface area contributed by atoms with Crippen molar-refractivity contribution in [2.45, 2.75) is 149 Å². The quantitative estimate of drug-likeness (QED) is 0.105. The molecule has 2 unspecified atom stereocenters. The Balaban J connectivity index is 1.66. The molecular weight excluding hydrogens is 556 g/mol. The van der Waals surface area contributed by atoms with Gasteiger partial charge in [-0.3, -0.25) is 9.59 Å². The number of carboxylic acids is 1. The molecule has 0 radical (unpaired) electrons. The number of allylic oxidation sites excluding steroid dienone is 2. The van der Waals surface area contributed by atoms with Gasteiger partial charge in [0.2, 0.25) is 0 Å². The van der Waals surface area contributed by atoms with Gasteiger partial charge in [0.1, 0.15) is 11.7 Å². The second kappa shape index (κ2) is 12.2. The van der Waals surface area contributed by atoms with Gasteiger partial charge in [-0.1, -0.05) is 52.2 Å². The van der Waals surface area contributed by atoms with Crippen LogP contribution in [0.4, 0.5) is 0 Å². The topological polar surface area (TPSA) is 117 Å². The van der Waals surface area contributed by atoms with Gasteiger partial charge in [-0.05, 0) is 123 Å². The van der Waals surface area contributed by atoms with E-state index in [9.17, 15) is 24.9 Å². The fourth-order valence-electron chi connectivity index (χ4n) is 11.4. The van der Waals surface area contributed by atoms with E-state index < -0.39 is 35.1 Å². The zero-order valence-corrected chi connectivity index (χ0v) is 28.3. The third kappa shape index (κ3) is 5.41. The van der Waals surface area contributed by atoms with Crippen LogP contribution in [0.5, 0.6) is 0 Å². The highest BCUT2D eigenvalue weighted by Crippen LogP contribution is 2.76. The Kier molecular flexibility index (Phi) is 9.29. The normalized spacial score (nSPS) is 45.4. The third-order valence-corrected chi connectivity index (χ3v) is 13.3. The molecule has 1 heterocycles. The Morgan fingerprint density at radius 1 is 1.02 bits per heavy atom. The summed E-state index contributed by atoms with van der Waals surface area (Å²) in [5.41, 5.74) is 2.05. The Morgan fingerprint density at radius 2 is 1.73 bits per heavy atom. The van der Waals surface area contributed by atoms with Crippen molar-refractivity contribution >= 4 is 11.9 Å². The fourth-order valence-corrected chi connectivity index (χ4v) is 11.4. The summed E-state index contributed by atoms with van der Waals surface area (Å²) in [6.07, 6.45) is 10.4. The zero-order chi connectivity index (χ0) is 32.2. The molecule has 0 spiro atoms. The van der Waals surface area contributed by atoms with Crippen LogP contribution < -0.4 is 0 Å². The minimum absolute atomic E-state index is 0.0334. The number of aliphatic carboxylic acids is 1. The summed E-state index contributed by atoms with van der Waals surface area (Å²) < 4.78 is 12.6. The molecule has 0 aromatic carbocycles. The van der Waals surface area contributed by atoms with Gasteiger partial charge in [0.25, 0.3) is 0 Å². The van der Waals surface area contributed by atoms with Crippen LogP contribution in [0.3, 0.4) is 0 Å². The minimum atomic E-state index is -0.923. The average molecular weight is 615 g/mol. The predicted molar refractivity (Wildman–Crippen MR) is 170 cm³/mol. The highest BCUT2D eigenvalue weighted by molar-refractivity contribution is 5.71. The van der Waals surface area contributed by atoms with Crippen LogP contribution >= 0.6 is 0 Å². The van der Waals surface area contributed by atoms with Gasteiger partial charge in [0.15, 0.2) is 0 Å². The molecule has 1 saturated heterocycles. The summed E-state index contributed by atoms with van der Waals surface area (Å²) in [4.78, 5) is 25.5. The van der Waals surface area contributed by atoms with Crippen molar-refractivity contribution in [1.82, 2.24) is 0 Å². The highest BCUT2D eigenvalue weighted by Gasteiger charge is 2.73. The number of hydrogen-bond donors (Lipinski definition) is 3. The van der Waals surface area contributed by atoms with Crippen molar-refractivity contribution < 1.29 is 34.4 Å². The number of rotatable bonds is 10. The zero-order valence-electron chi connectivity index (χ0n) is 28.3. The van der Waals surface area contributed by atoms with Crippen LogP contribution in [0, 0.1) is 39.9 Å². The number of hydrogen-bond acceptors (Lipinski definition) is 6. The van der Waals surface area contributed by atoms with Crippen molar-refractivity contribution in [2.24, 2.45) is 39.9 Å². The van der Waals surface area contributed by atoms with Gasteiger partial charge in [-0.25, -0.2) is 0 Å². The van der Waals surface area contributed by atoms with Gasteiger partial charge in [0.05, 0.1) is 24.7 Å². The maximum atomic E-state index is 13.0. The predicted octanol–water partition coefficient (Wildman–Crippen LogP) is 7.00. The van der Waals surface area contributed by atoms with E-state index in [1.807, 2.05) is 0 Å². The third-order valence-electron chi connectivity index (χ3n) is 13.3. The molecule has 0 bridgehead atoms. The van der Waals surface area contributed by atoms with E-state index in [0.717, 1.165) is 44.9 Å². The molecule has 5 aliphatic rings. The number of ether oxygens (including phenoxy) is 2. The summed E-state index contributed by atoms with van der Waals surface area (Å²) in [7, 11) is 0. The molecule has 0 amide bonds. The molecule has 7 heteroatoms. The molecule has 7 nitrogen and oxygen atoms in total. The first-order chi connectivity index (χ1) is 20.6. The molecule has 4 aliphatic carbocycles. The molecule has 248 valence electrons. The average Bonchev–Trinajstić information content (AvgIpc) is 3.72. The molecule has 4 saturated carbocycles. The van der Waals surface area contributed by atoms with Gasteiger partial charge in [-0.2, -0.15) is 0 Å². The number of carbonyl (C=O) groups excluding carboxylic acids is 1. The van der Waals surface area contributed by atoms with E-state index in [-0.39, 0.29) is 40.7 Å². The van der Waals surface area contributed by atoms with Gasteiger partial charge in [0, 0.05) is 6.92 Å². The molecular formula is C37H58O7. The molecule has 0 aromatic rings. The van der Waals surface area contributed by atoms with Crippen molar-refractivity contribution in [3.63, 3.8) is 0 Å². The van der Waals surface area contributed by atoms with Crippen molar-refractivity contribution in [2.75, 3.05) is 6.61 Å². The molecule has 3 N–H and O–H groups in total. The van der Waals surface area contributed by atoms with Crippen molar-refractivity contribution in [3.05, 3.63) is 22.8 Å². The Bertz CT molecular complexity index is 1180. The van der Waals surface area contributed by atoms with E-state index in [0.29, 0.717) is 38.7 Å². The minimum Gasteiger partial charge on any atom is -0.481 e. The first-order valence-electron chi connectivity index (χ1n) is 17.4. The highest BCUT2D eigenvalue weighted by atomic mass is 16.6. The van der Waals surface area contributed by atoms with E-state index in [2.05, 4.69) is 47.6 Å². The Labute approximate surface area is 264 Å². The summed E-state index contributed by atoms with van der Waals surface area (Å²) in [5, 5.41) is 33.3. The maximum absolute atomic E-state index is 13.0.